The summed E-state index contributed by atoms with van der Waals surface area (Å²) in [4.78, 5) is 16.5. The Morgan fingerprint density at radius 1 is 1.39 bits per heavy atom. The minimum Gasteiger partial charge on any atom is -0.347 e. The van der Waals surface area contributed by atoms with Gasteiger partial charge in [-0.05, 0) is 31.9 Å². The van der Waals surface area contributed by atoms with Crippen LogP contribution in [0.15, 0.2) is 30.3 Å². The Morgan fingerprint density at radius 2 is 2.11 bits per heavy atom. The summed E-state index contributed by atoms with van der Waals surface area (Å²) in [7, 11) is 0. The summed E-state index contributed by atoms with van der Waals surface area (Å²) in [5.41, 5.74) is 1.31. The molecule has 1 N–H and O–H groups in total. The van der Waals surface area contributed by atoms with Crippen LogP contribution in [0, 0.1) is 0 Å². The molecule has 1 aromatic heterocycles. The van der Waals surface area contributed by atoms with Crippen molar-refractivity contribution in [2.45, 2.75) is 25.3 Å². The predicted molar refractivity (Wildman–Crippen MR) is 71.9 cm³/mol. The molecule has 3 nitrogen and oxygen atoms in total. The summed E-state index contributed by atoms with van der Waals surface area (Å²) in [6.45, 7) is 2.05. The van der Waals surface area contributed by atoms with Crippen molar-refractivity contribution in [2.24, 2.45) is 0 Å². The number of carbonyl (C=O) groups is 1. The Balaban J connectivity index is 2.07. The SMILES string of the molecule is CC1(NC(=O)c2cc(Cl)nc3ccccc23)CC1. The van der Waals surface area contributed by atoms with Crippen molar-refractivity contribution in [3.05, 3.63) is 41.0 Å². The van der Waals surface area contributed by atoms with E-state index in [1.54, 1.807) is 6.07 Å². The molecule has 0 unspecified atom stereocenters. The van der Waals surface area contributed by atoms with Crippen molar-refractivity contribution in [3.8, 4) is 0 Å². The molecule has 0 bridgehead atoms. The number of amides is 1. The lowest BCUT2D eigenvalue weighted by molar-refractivity contribution is 0.0937. The zero-order valence-electron chi connectivity index (χ0n) is 10.0. The number of aromatic nitrogens is 1. The first-order chi connectivity index (χ1) is 8.57. The number of carbonyl (C=O) groups excluding carboxylic acids is 1. The number of halogens is 1. The van der Waals surface area contributed by atoms with Crippen molar-refractivity contribution in [2.75, 3.05) is 0 Å². The second-order valence-electron chi connectivity index (χ2n) is 5.02. The maximum atomic E-state index is 12.3. The van der Waals surface area contributed by atoms with Crippen LogP contribution in [0.5, 0.6) is 0 Å². The number of hydrogen-bond acceptors (Lipinski definition) is 2. The Bertz CT molecular complexity index is 635. The summed E-state index contributed by atoms with van der Waals surface area (Å²) >= 11 is 5.96. The smallest absolute Gasteiger partial charge is 0.252 e. The van der Waals surface area contributed by atoms with Gasteiger partial charge in [0.2, 0.25) is 0 Å². The number of rotatable bonds is 2. The summed E-state index contributed by atoms with van der Waals surface area (Å²) in [6.07, 6.45) is 2.07. The highest BCUT2D eigenvalue weighted by Gasteiger charge is 2.39. The first-order valence-corrected chi connectivity index (χ1v) is 6.33. The second kappa shape index (κ2) is 3.95. The number of benzene rings is 1. The molecule has 18 heavy (non-hydrogen) atoms. The van der Waals surface area contributed by atoms with E-state index >= 15 is 0 Å². The van der Waals surface area contributed by atoms with E-state index < -0.39 is 0 Å². The van der Waals surface area contributed by atoms with Crippen LogP contribution in [0.25, 0.3) is 10.9 Å². The second-order valence-corrected chi connectivity index (χ2v) is 5.41. The van der Waals surface area contributed by atoms with Crippen LogP contribution in [-0.2, 0) is 0 Å². The zero-order valence-corrected chi connectivity index (χ0v) is 10.8. The average molecular weight is 261 g/mol. The van der Waals surface area contributed by atoms with Gasteiger partial charge in [-0.1, -0.05) is 29.8 Å². The van der Waals surface area contributed by atoms with Crippen molar-refractivity contribution < 1.29 is 4.79 Å². The normalized spacial score (nSPS) is 16.6. The lowest BCUT2D eigenvalue weighted by atomic mass is 10.1. The molecule has 1 aliphatic rings. The van der Waals surface area contributed by atoms with E-state index in [-0.39, 0.29) is 11.4 Å². The molecular weight excluding hydrogens is 248 g/mol. The number of hydrogen-bond donors (Lipinski definition) is 1. The molecule has 1 fully saturated rings. The van der Waals surface area contributed by atoms with E-state index in [1.165, 1.54) is 0 Å². The molecule has 2 aromatic rings. The summed E-state index contributed by atoms with van der Waals surface area (Å²) in [5, 5.41) is 4.22. The largest absolute Gasteiger partial charge is 0.347 e. The molecule has 1 amide bonds. The van der Waals surface area contributed by atoms with Gasteiger partial charge in [-0.2, -0.15) is 0 Å². The first kappa shape index (κ1) is 11.5. The van der Waals surface area contributed by atoms with Gasteiger partial charge >= 0.3 is 0 Å². The molecule has 1 aromatic carbocycles. The highest BCUT2D eigenvalue weighted by atomic mass is 35.5. The van der Waals surface area contributed by atoms with Crippen molar-refractivity contribution in [1.29, 1.82) is 0 Å². The summed E-state index contributed by atoms with van der Waals surface area (Å²) in [6, 6.07) is 9.16. The van der Waals surface area contributed by atoms with Crippen LogP contribution in [0.2, 0.25) is 5.15 Å². The van der Waals surface area contributed by atoms with Gasteiger partial charge < -0.3 is 5.32 Å². The Morgan fingerprint density at radius 3 is 2.83 bits per heavy atom. The van der Waals surface area contributed by atoms with Gasteiger partial charge in [-0.3, -0.25) is 4.79 Å². The molecule has 3 rings (SSSR count). The molecule has 0 saturated heterocycles. The van der Waals surface area contributed by atoms with Crippen LogP contribution in [0.3, 0.4) is 0 Å². The fourth-order valence-corrected chi connectivity index (χ4v) is 2.19. The first-order valence-electron chi connectivity index (χ1n) is 5.95. The molecule has 0 radical (unpaired) electrons. The van der Waals surface area contributed by atoms with Gasteiger partial charge in [0.15, 0.2) is 0 Å². The molecule has 92 valence electrons. The van der Waals surface area contributed by atoms with Gasteiger partial charge in [-0.15, -0.1) is 0 Å². The van der Waals surface area contributed by atoms with E-state index in [2.05, 4.69) is 17.2 Å². The van der Waals surface area contributed by atoms with E-state index in [0.29, 0.717) is 10.7 Å². The van der Waals surface area contributed by atoms with Crippen LogP contribution in [0.1, 0.15) is 30.1 Å². The Hall–Kier alpha value is -1.61. The van der Waals surface area contributed by atoms with Crippen molar-refractivity contribution in [1.82, 2.24) is 10.3 Å². The highest BCUT2D eigenvalue weighted by molar-refractivity contribution is 6.30. The number of fused-ring (bicyclic) bond motifs is 1. The van der Waals surface area contributed by atoms with Gasteiger partial charge in [-0.25, -0.2) is 4.98 Å². The van der Waals surface area contributed by atoms with Crippen molar-refractivity contribution in [3.63, 3.8) is 0 Å². The van der Waals surface area contributed by atoms with E-state index in [1.807, 2.05) is 24.3 Å². The van der Waals surface area contributed by atoms with E-state index in [4.69, 9.17) is 11.6 Å². The average Bonchev–Trinajstić information content (AvgIpc) is 3.05. The van der Waals surface area contributed by atoms with Crippen LogP contribution < -0.4 is 5.32 Å². The fourth-order valence-electron chi connectivity index (χ4n) is 1.98. The fraction of sp³-hybridized carbons (Fsp3) is 0.286. The monoisotopic (exact) mass is 260 g/mol. The summed E-state index contributed by atoms with van der Waals surface area (Å²) < 4.78 is 0. The highest BCUT2D eigenvalue weighted by Crippen LogP contribution is 2.35. The lowest BCUT2D eigenvalue weighted by Gasteiger charge is -2.13. The molecule has 1 saturated carbocycles. The number of pyridine rings is 1. The molecule has 0 spiro atoms. The molecular formula is C14H13ClN2O. The van der Waals surface area contributed by atoms with E-state index in [9.17, 15) is 4.79 Å². The molecule has 0 atom stereocenters. The number of nitrogens with one attached hydrogen (secondary N) is 1. The van der Waals surface area contributed by atoms with Gasteiger partial charge in [0.05, 0.1) is 11.1 Å². The number of para-hydroxylation sites is 1. The van der Waals surface area contributed by atoms with Gasteiger partial charge in [0.25, 0.3) is 5.91 Å². The van der Waals surface area contributed by atoms with Crippen molar-refractivity contribution >= 4 is 28.4 Å². The van der Waals surface area contributed by atoms with Gasteiger partial charge in [0.1, 0.15) is 5.15 Å². The molecule has 1 heterocycles. The standard InChI is InChI=1S/C14H13ClN2O/c1-14(6-7-14)17-13(18)10-8-12(15)16-11-5-3-2-4-9(10)11/h2-5,8H,6-7H2,1H3,(H,17,18). The third-order valence-corrected chi connectivity index (χ3v) is 3.54. The van der Waals surface area contributed by atoms with E-state index in [0.717, 1.165) is 23.7 Å². The number of nitrogens with zero attached hydrogens (tertiary/aromatic N) is 1. The Kier molecular flexibility index (Phi) is 2.52. The van der Waals surface area contributed by atoms with Crippen LogP contribution in [0.4, 0.5) is 0 Å². The zero-order chi connectivity index (χ0) is 12.8. The lowest BCUT2D eigenvalue weighted by Crippen LogP contribution is -2.34. The summed E-state index contributed by atoms with van der Waals surface area (Å²) in [5.74, 6) is -0.0736. The van der Waals surface area contributed by atoms with Crippen LogP contribution in [-0.4, -0.2) is 16.4 Å². The maximum Gasteiger partial charge on any atom is 0.252 e. The Labute approximate surface area is 110 Å². The minimum absolute atomic E-state index is 0.0338. The molecule has 0 aliphatic heterocycles. The van der Waals surface area contributed by atoms with Crippen LogP contribution >= 0.6 is 11.6 Å². The third kappa shape index (κ3) is 2.06. The van der Waals surface area contributed by atoms with Gasteiger partial charge in [0, 0.05) is 10.9 Å². The molecule has 1 aliphatic carbocycles. The topological polar surface area (TPSA) is 42.0 Å². The minimum atomic E-state index is -0.0736. The predicted octanol–water partition coefficient (Wildman–Crippen LogP) is 3.17. The quantitative estimate of drug-likeness (QED) is 0.843. The maximum absolute atomic E-state index is 12.3. The third-order valence-electron chi connectivity index (χ3n) is 3.34. The molecule has 4 heteroatoms.